The van der Waals surface area contributed by atoms with Gasteiger partial charge in [0.05, 0.1) is 13.0 Å². The van der Waals surface area contributed by atoms with Gasteiger partial charge in [-0.05, 0) is 61.1 Å². The number of fused-ring (bicyclic) bond motifs is 3. The molecule has 6 rings (SSSR count). The Labute approximate surface area is 201 Å². The van der Waals surface area contributed by atoms with Gasteiger partial charge in [0.2, 0.25) is 12.7 Å². The van der Waals surface area contributed by atoms with Crippen molar-refractivity contribution in [1.29, 1.82) is 0 Å². The summed E-state index contributed by atoms with van der Waals surface area (Å²) >= 11 is 0. The summed E-state index contributed by atoms with van der Waals surface area (Å²) in [4.78, 5) is 30.0. The quantitative estimate of drug-likeness (QED) is 0.578. The van der Waals surface area contributed by atoms with Gasteiger partial charge in [-0.3, -0.25) is 14.5 Å². The van der Waals surface area contributed by atoms with Gasteiger partial charge in [0.25, 0.3) is 0 Å². The number of Topliss-reactive ketones (excluding diaryl/α,β-unsaturated/α-hetero) is 1. The van der Waals surface area contributed by atoms with Gasteiger partial charge in [-0.25, -0.2) is 4.39 Å². The van der Waals surface area contributed by atoms with E-state index in [9.17, 15) is 14.0 Å². The lowest BCUT2D eigenvalue weighted by molar-refractivity contribution is -0.126. The number of hydrogen-bond donors (Lipinski definition) is 1. The smallest absolute Gasteiger partial charge is 0.250 e. The highest BCUT2D eigenvalue weighted by Gasteiger charge is 2.64. The Bertz CT molecular complexity index is 1360. The highest BCUT2D eigenvalue weighted by Crippen LogP contribution is 2.56. The zero-order valence-corrected chi connectivity index (χ0v) is 19.2. The molecule has 1 amide bonds. The second-order valence-electron chi connectivity index (χ2n) is 9.08. The molecule has 1 spiro atoms. The normalized spacial score (nSPS) is 24.5. The second-order valence-corrected chi connectivity index (χ2v) is 9.08. The summed E-state index contributed by atoms with van der Waals surface area (Å²) in [6.45, 7) is 0.521. The molecular formula is C27H23FN2O5. The average molecular weight is 474 g/mol. The van der Waals surface area contributed by atoms with Crippen LogP contribution in [0, 0.1) is 11.7 Å². The molecule has 3 aliphatic heterocycles. The summed E-state index contributed by atoms with van der Waals surface area (Å²) in [6, 6.07) is 16.6. The molecule has 3 aromatic carbocycles. The molecule has 0 aliphatic carbocycles. The number of hydrogen-bond acceptors (Lipinski definition) is 6. The van der Waals surface area contributed by atoms with E-state index < -0.39 is 11.5 Å². The number of anilines is 1. The first-order valence-corrected chi connectivity index (χ1v) is 11.3. The Morgan fingerprint density at radius 2 is 1.86 bits per heavy atom. The van der Waals surface area contributed by atoms with Gasteiger partial charge < -0.3 is 19.5 Å². The molecule has 0 bridgehead atoms. The molecule has 3 heterocycles. The number of carbonyl (C=O) groups excluding carboxylic acids is 2. The fourth-order valence-corrected chi connectivity index (χ4v) is 5.79. The minimum absolute atomic E-state index is 0.0941. The Hall–Kier alpha value is -3.91. The van der Waals surface area contributed by atoms with Gasteiger partial charge in [-0.2, -0.15) is 0 Å². The van der Waals surface area contributed by atoms with E-state index in [0.29, 0.717) is 40.6 Å². The monoisotopic (exact) mass is 474 g/mol. The zero-order chi connectivity index (χ0) is 24.3. The predicted molar refractivity (Wildman–Crippen MR) is 125 cm³/mol. The highest BCUT2D eigenvalue weighted by molar-refractivity contribution is 6.12. The van der Waals surface area contributed by atoms with Crippen molar-refractivity contribution in [2.24, 2.45) is 5.92 Å². The lowest BCUT2D eigenvalue weighted by Crippen LogP contribution is -2.51. The number of benzene rings is 3. The molecule has 1 N–H and O–H groups in total. The van der Waals surface area contributed by atoms with Crippen molar-refractivity contribution in [3.8, 4) is 17.2 Å². The Kier molecular flexibility index (Phi) is 4.82. The van der Waals surface area contributed by atoms with E-state index in [4.69, 9.17) is 14.2 Å². The van der Waals surface area contributed by atoms with Crippen LogP contribution in [-0.2, 0) is 10.3 Å². The summed E-state index contributed by atoms with van der Waals surface area (Å²) in [5.41, 5.74) is 1.28. The largest absolute Gasteiger partial charge is 0.497 e. The molecule has 8 heteroatoms. The number of halogens is 1. The van der Waals surface area contributed by atoms with Gasteiger partial charge in [0, 0.05) is 29.3 Å². The van der Waals surface area contributed by atoms with Gasteiger partial charge >= 0.3 is 0 Å². The van der Waals surface area contributed by atoms with Gasteiger partial charge in [-0.15, -0.1) is 0 Å². The van der Waals surface area contributed by atoms with E-state index in [1.54, 1.807) is 49.6 Å². The summed E-state index contributed by atoms with van der Waals surface area (Å²) in [5, 5.41) is 2.98. The molecule has 35 heavy (non-hydrogen) atoms. The number of ether oxygens (including phenoxy) is 3. The van der Waals surface area contributed by atoms with Crippen LogP contribution in [0.2, 0.25) is 0 Å². The van der Waals surface area contributed by atoms with E-state index in [1.165, 1.54) is 12.1 Å². The van der Waals surface area contributed by atoms with Crippen LogP contribution in [0.4, 0.5) is 10.1 Å². The summed E-state index contributed by atoms with van der Waals surface area (Å²) in [5.74, 6) is -0.321. The van der Waals surface area contributed by atoms with Crippen LogP contribution in [0.1, 0.15) is 27.4 Å². The number of methoxy groups -OCH3 is 1. The van der Waals surface area contributed by atoms with E-state index >= 15 is 0 Å². The standard InChI is InChI=1S/C27H23FN2O5/c1-30-13-19(15-3-6-17(28)7-4-15)24(25(31)16-5-10-22-23(11-16)35-14-34-22)27(30)20-12-18(33-2)8-9-21(20)29-26(27)32/h3-12,19,24H,13-14H2,1-2H3,(H,29,32)/t19-,24+,27+/m1/s1. The summed E-state index contributed by atoms with van der Waals surface area (Å²) in [6.07, 6.45) is 0. The lowest BCUT2D eigenvalue weighted by Gasteiger charge is -2.35. The van der Waals surface area contributed by atoms with Gasteiger partial charge in [0.1, 0.15) is 17.1 Å². The number of likely N-dealkylation sites (tertiary alicyclic amines) is 1. The number of amides is 1. The molecule has 0 unspecified atom stereocenters. The molecule has 3 atom stereocenters. The summed E-state index contributed by atoms with van der Waals surface area (Å²) in [7, 11) is 3.41. The molecule has 7 nitrogen and oxygen atoms in total. The Morgan fingerprint density at radius 1 is 1.09 bits per heavy atom. The third-order valence-electron chi connectivity index (χ3n) is 7.39. The maximum atomic E-state index is 14.3. The minimum atomic E-state index is -1.27. The van der Waals surface area contributed by atoms with Crippen LogP contribution in [0.5, 0.6) is 17.2 Å². The van der Waals surface area contributed by atoms with E-state index in [0.717, 1.165) is 5.56 Å². The van der Waals surface area contributed by atoms with Crippen LogP contribution in [0.15, 0.2) is 60.7 Å². The van der Waals surface area contributed by atoms with Crippen molar-refractivity contribution in [1.82, 2.24) is 4.90 Å². The number of ketones is 1. The first kappa shape index (κ1) is 21.6. The van der Waals surface area contributed by atoms with Crippen LogP contribution in [0.3, 0.4) is 0 Å². The molecule has 3 aromatic rings. The van der Waals surface area contributed by atoms with Crippen LogP contribution in [0.25, 0.3) is 0 Å². The third-order valence-corrected chi connectivity index (χ3v) is 7.39. The predicted octanol–water partition coefficient (Wildman–Crippen LogP) is 3.94. The molecule has 1 fully saturated rings. The van der Waals surface area contributed by atoms with Gasteiger partial charge in [0.15, 0.2) is 17.3 Å². The van der Waals surface area contributed by atoms with Crippen molar-refractivity contribution in [2.75, 3.05) is 32.8 Å². The number of likely N-dealkylation sites (N-methyl/N-ethyl adjacent to an activating group) is 1. The molecule has 0 aromatic heterocycles. The van der Waals surface area contributed by atoms with Crippen molar-refractivity contribution < 1.29 is 28.2 Å². The minimum Gasteiger partial charge on any atom is -0.497 e. The van der Waals surface area contributed by atoms with Crippen molar-refractivity contribution >= 4 is 17.4 Å². The fraction of sp³-hybridized carbons (Fsp3) is 0.259. The average Bonchev–Trinajstić information content (AvgIpc) is 3.54. The van der Waals surface area contributed by atoms with E-state index in [-0.39, 0.29) is 30.2 Å². The van der Waals surface area contributed by atoms with Crippen LogP contribution >= 0.6 is 0 Å². The van der Waals surface area contributed by atoms with Crippen LogP contribution < -0.4 is 19.5 Å². The van der Waals surface area contributed by atoms with Crippen LogP contribution in [-0.4, -0.2) is 44.1 Å². The Morgan fingerprint density at radius 3 is 2.63 bits per heavy atom. The molecule has 1 saturated heterocycles. The second kappa shape index (κ2) is 7.81. The topological polar surface area (TPSA) is 77.1 Å². The number of carbonyl (C=O) groups is 2. The molecule has 0 radical (unpaired) electrons. The zero-order valence-electron chi connectivity index (χ0n) is 19.2. The van der Waals surface area contributed by atoms with Crippen molar-refractivity contribution in [2.45, 2.75) is 11.5 Å². The molecular weight excluding hydrogens is 451 g/mol. The number of nitrogens with zero attached hydrogens (tertiary/aromatic N) is 1. The highest BCUT2D eigenvalue weighted by atomic mass is 19.1. The molecule has 0 saturated carbocycles. The molecule has 3 aliphatic rings. The van der Waals surface area contributed by atoms with Crippen molar-refractivity contribution in [3.63, 3.8) is 0 Å². The SMILES string of the molecule is COc1ccc2c(c1)[C@@]1(C(=O)N2)[C@H](C(=O)c2ccc3c(c2)OCO3)[C@@H](c2ccc(F)cc2)CN1C. The number of rotatable bonds is 4. The van der Waals surface area contributed by atoms with E-state index in [1.807, 2.05) is 18.0 Å². The third kappa shape index (κ3) is 3.06. The van der Waals surface area contributed by atoms with E-state index in [2.05, 4.69) is 5.32 Å². The first-order valence-electron chi connectivity index (χ1n) is 11.3. The lowest BCUT2D eigenvalue weighted by atomic mass is 9.70. The maximum absolute atomic E-state index is 14.3. The summed E-state index contributed by atoms with van der Waals surface area (Å²) < 4.78 is 30.1. The first-order chi connectivity index (χ1) is 16.9. The number of nitrogens with one attached hydrogen (secondary N) is 1. The van der Waals surface area contributed by atoms with Crippen molar-refractivity contribution in [3.05, 3.63) is 83.2 Å². The molecule has 178 valence electrons. The fourth-order valence-electron chi connectivity index (χ4n) is 5.79. The van der Waals surface area contributed by atoms with Gasteiger partial charge in [-0.1, -0.05) is 12.1 Å². The maximum Gasteiger partial charge on any atom is 0.250 e. The Balaban J connectivity index is 1.55.